The molecule has 2 aromatic carbocycles. The summed E-state index contributed by atoms with van der Waals surface area (Å²) in [4.78, 5) is 5.41. The van der Waals surface area contributed by atoms with E-state index in [4.69, 9.17) is 28.3 Å². The summed E-state index contributed by atoms with van der Waals surface area (Å²) in [7, 11) is 7.90. The van der Waals surface area contributed by atoms with Crippen molar-refractivity contribution >= 4 is 42.8 Å². The fraction of sp³-hybridized carbons (Fsp3) is 0.625. The summed E-state index contributed by atoms with van der Waals surface area (Å²) in [6.45, 7) is 16.4. The van der Waals surface area contributed by atoms with Crippen molar-refractivity contribution in [2.75, 3.05) is 6.61 Å². The van der Waals surface area contributed by atoms with Crippen LogP contribution in [0.15, 0.2) is 36.4 Å². The Kier molecular flexibility index (Phi) is 12.3. The van der Waals surface area contributed by atoms with Crippen molar-refractivity contribution in [3.05, 3.63) is 41.4 Å². The van der Waals surface area contributed by atoms with E-state index in [9.17, 15) is 0 Å². The molecule has 30 heavy (non-hydrogen) atoms. The zero-order valence-electron chi connectivity index (χ0n) is 19.8. The van der Waals surface area contributed by atoms with Gasteiger partial charge in [0.25, 0.3) is 0 Å². The Morgan fingerprint density at radius 1 is 0.967 bits per heavy atom. The zero-order valence-corrected chi connectivity index (χ0v) is 23.9. The fourth-order valence-electron chi connectivity index (χ4n) is 3.91. The first-order chi connectivity index (χ1) is 13.9. The van der Waals surface area contributed by atoms with Crippen molar-refractivity contribution in [2.24, 2.45) is 0 Å². The molecule has 2 rings (SSSR count). The molecule has 0 aliphatic heterocycles. The number of unbranched alkanes of at least 4 members (excludes halogenated alkanes) is 3. The molecule has 0 saturated carbocycles. The van der Waals surface area contributed by atoms with Crippen LogP contribution in [0, 0.1) is 0 Å². The molecule has 0 saturated heterocycles. The van der Waals surface area contributed by atoms with Crippen molar-refractivity contribution in [1.29, 1.82) is 0 Å². The summed E-state index contributed by atoms with van der Waals surface area (Å²) in [5.41, 5.74) is -0.00416. The molecule has 0 fully saturated rings. The van der Waals surface area contributed by atoms with Crippen LogP contribution in [0.4, 0.5) is 0 Å². The van der Waals surface area contributed by atoms with E-state index in [2.05, 4.69) is 84.5 Å². The normalized spacial score (nSPS) is 14.2. The molecule has 0 aliphatic rings. The molecule has 6 heteroatoms. The van der Waals surface area contributed by atoms with E-state index < -0.39 is 25.3 Å². The number of halogens is 2. The van der Waals surface area contributed by atoms with E-state index >= 15 is 0 Å². The minimum atomic E-state index is -1.88. The van der Waals surface area contributed by atoms with Crippen LogP contribution in [0.5, 0.6) is 0 Å². The first-order valence-electron chi connectivity index (χ1n) is 10.9. The van der Waals surface area contributed by atoms with Gasteiger partial charge in [-0.3, -0.25) is 0 Å². The third-order valence-electron chi connectivity index (χ3n) is 4.94. The Morgan fingerprint density at radius 2 is 1.57 bits per heavy atom. The van der Waals surface area contributed by atoms with Crippen LogP contribution in [0.25, 0.3) is 15.8 Å². The van der Waals surface area contributed by atoms with Crippen LogP contribution in [-0.4, -0.2) is 26.0 Å². The minimum absolute atomic E-state index is 0.0138. The molecule has 0 heterocycles. The van der Waals surface area contributed by atoms with Crippen molar-refractivity contribution in [3.8, 4) is 0 Å². The third kappa shape index (κ3) is 10.7. The summed E-state index contributed by atoms with van der Waals surface area (Å²) < 4.78 is 5.84. The number of fused-ring (bicyclic) bond motifs is 1. The molecule has 0 aliphatic carbocycles. The molecule has 1 unspecified atom stereocenters. The molecule has 0 amide bonds. The van der Waals surface area contributed by atoms with Crippen molar-refractivity contribution < 1.29 is 21.8 Å². The molecule has 2 aromatic rings. The van der Waals surface area contributed by atoms with Crippen molar-refractivity contribution in [3.63, 3.8) is 0 Å². The second-order valence-electron chi connectivity index (χ2n) is 10.1. The van der Waals surface area contributed by atoms with Gasteiger partial charge in [-0.05, 0) is 27.2 Å². The predicted molar refractivity (Wildman–Crippen MR) is 135 cm³/mol. The Bertz CT molecular complexity index is 739. The summed E-state index contributed by atoms with van der Waals surface area (Å²) in [5.74, 6) is 0. The molecule has 0 N–H and O–H groups in total. The molecular weight excluding hydrogens is 465 g/mol. The van der Waals surface area contributed by atoms with Crippen LogP contribution in [0.2, 0.25) is 12.6 Å². The van der Waals surface area contributed by atoms with Gasteiger partial charge in [0.1, 0.15) is 0 Å². The van der Waals surface area contributed by atoms with Crippen LogP contribution in [-0.2, 0) is 21.8 Å². The van der Waals surface area contributed by atoms with Gasteiger partial charge >= 0.3 is 35.6 Å². The van der Waals surface area contributed by atoms with E-state index in [0.29, 0.717) is 0 Å². The number of nitrogens with zero attached hydrogens (tertiary/aromatic N) is 1. The second kappa shape index (κ2) is 13.1. The van der Waals surface area contributed by atoms with Gasteiger partial charge in [-0.1, -0.05) is 66.9 Å². The first kappa shape index (κ1) is 28.3. The zero-order chi connectivity index (χ0) is 22.8. The summed E-state index contributed by atoms with van der Waals surface area (Å²) in [5, 5.41) is 4.29. The van der Waals surface area contributed by atoms with Gasteiger partial charge in [-0.15, -0.1) is 29.1 Å². The maximum absolute atomic E-state index is 5.84. The predicted octanol–water partition coefficient (Wildman–Crippen LogP) is 8.27. The Balaban J connectivity index is 0.00000141. The van der Waals surface area contributed by atoms with Gasteiger partial charge in [0, 0.05) is 6.61 Å². The van der Waals surface area contributed by atoms with E-state index in [-0.39, 0.29) is 11.1 Å². The molecule has 0 bridgehead atoms. The SMILES string of the molecule is CC(C)(C)[N-][Si](C)(CCCCCCOC(C)(C)C)[c-]1ccc2ccccc21.[Cl][Ti][Cl]. The van der Waals surface area contributed by atoms with Gasteiger partial charge in [0.2, 0.25) is 0 Å². The molecular formula is C24H39Cl2NOSiTi-2. The number of hydrogen-bond donors (Lipinski definition) is 0. The van der Waals surface area contributed by atoms with Gasteiger partial charge < -0.3 is 9.72 Å². The Morgan fingerprint density at radius 3 is 2.17 bits per heavy atom. The summed E-state index contributed by atoms with van der Waals surface area (Å²) in [6.07, 6.45) is 4.94. The number of benzene rings is 1. The van der Waals surface area contributed by atoms with Gasteiger partial charge in [0.05, 0.1) is 5.60 Å². The summed E-state index contributed by atoms with van der Waals surface area (Å²) in [6, 6.07) is 14.6. The van der Waals surface area contributed by atoms with Crippen LogP contribution >= 0.6 is 18.6 Å². The van der Waals surface area contributed by atoms with Crippen LogP contribution < -0.4 is 5.19 Å². The monoisotopic (exact) mass is 503 g/mol. The van der Waals surface area contributed by atoms with Gasteiger partial charge in [0.15, 0.2) is 0 Å². The van der Waals surface area contributed by atoms with E-state index in [0.717, 1.165) is 13.0 Å². The number of ether oxygens (including phenoxy) is 1. The van der Waals surface area contributed by atoms with E-state index in [1.807, 2.05) is 0 Å². The van der Waals surface area contributed by atoms with Crippen molar-refractivity contribution in [2.45, 2.75) is 91.0 Å². The average molecular weight is 504 g/mol. The molecule has 1 atom stereocenters. The fourth-order valence-corrected chi connectivity index (χ4v) is 8.09. The quantitative estimate of drug-likeness (QED) is 0.192. The standard InChI is InChI=1S/C24H39NOSi.2ClH.Ti/c1-23(2,3)25-27(7,19-13-9-8-12-18-26-24(4,5)6)22-17-16-20-14-10-11-15-21(20)22;;;/h10-11,14-17H,8-9,12-13,18-19H2,1-7H3;2*1H;/q-2;;;+2/p-2. The second-order valence-corrected chi connectivity index (χ2v) is 16.5. The number of rotatable bonds is 9. The van der Waals surface area contributed by atoms with E-state index in [1.165, 1.54) is 41.3 Å². The third-order valence-corrected chi connectivity index (χ3v) is 9.02. The first-order valence-corrected chi connectivity index (χ1v) is 17.9. The Hall–Kier alpha value is 0.261. The molecule has 0 aromatic heterocycles. The molecule has 0 spiro atoms. The Labute approximate surface area is 202 Å². The number of hydrogen-bond acceptors (Lipinski definition) is 1. The molecule has 2 nitrogen and oxygen atoms in total. The van der Waals surface area contributed by atoms with Gasteiger partial charge in [-0.2, -0.15) is 22.7 Å². The average Bonchev–Trinajstić information content (AvgIpc) is 3.04. The van der Waals surface area contributed by atoms with E-state index in [1.54, 1.807) is 0 Å². The van der Waals surface area contributed by atoms with Crippen LogP contribution in [0.3, 0.4) is 0 Å². The molecule has 170 valence electrons. The maximum atomic E-state index is 5.84. The summed E-state index contributed by atoms with van der Waals surface area (Å²) >= 11 is -0.556. The topological polar surface area (TPSA) is 23.3 Å². The van der Waals surface area contributed by atoms with Crippen LogP contribution in [0.1, 0.15) is 67.2 Å². The van der Waals surface area contributed by atoms with Gasteiger partial charge in [-0.25, -0.2) is 0 Å². The van der Waals surface area contributed by atoms with Crippen molar-refractivity contribution in [1.82, 2.24) is 0 Å². The molecule has 0 radical (unpaired) electrons.